The molecule has 60 valence electrons. The first-order valence-corrected chi connectivity index (χ1v) is 3.50. The molecular weight excluding hydrogens is 132 g/mol. The quantitative estimate of drug-likeness (QED) is 0.578. The highest BCUT2D eigenvalue weighted by atomic mass is 16.5. The lowest BCUT2D eigenvalue weighted by Gasteiger charge is -2.43. The predicted molar refractivity (Wildman–Crippen MR) is 36.6 cm³/mol. The number of hydrogen-bond acceptors (Lipinski definition) is 3. The highest BCUT2D eigenvalue weighted by Crippen LogP contribution is 2.40. The van der Waals surface area contributed by atoms with Crippen LogP contribution in [0.2, 0.25) is 0 Å². The summed E-state index contributed by atoms with van der Waals surface area (Å²) in [5, 5.41) is 17.9. The SMILES string of the molecule is COCC1(CO)CC(O)C1. The molecular formula is C7H14O3. The second-order valence-electron chi connectivity index (χ2n) is 3.15. The lowest BCUT2D eigenvalue weighted by molar-refractivity contribution is -0.100. The van der Waals surface area contributed by atoms with Crippen LogP contribution in [0, 0.1) is 5.41 Å². The van der Waals surface area contributed by atoms with Gasteiger partial charge in [-0.25, -0.2) is 0 Å². The Labute approximate surface area is 60.6 Å². The van der Waals surface area contributed by atoms with Gasteiger partial charge in [0.25, 0.3) is 0 Å². The van der Waals surface area contributed by atoms with E-state index in [1.165, 1.54) is 0 Å². The molecule has 1 saturated carbocycles. The van der Waals surface area contributed by atoms with E-state index in [0.29, 0.717) is 19.4 Å². The summed E-state index contributed by atoms with van der Waals surface area (Å²) in [5.74, 6) is 0. The monoisotopic (exact) mass is 146 g/mol. The summed E-state index contributed by atoms with van der Waals surface area (Å²) in [7, 11) is 1.61. The zero-order chi connectivity index (χ0) is 7.61. The van der Waals surface area contributed by atoms with Crippen molar-refractivity contribution in [2.45, 2.75) is 18.9 Å². The Bertz CT molecular complexity index is 102. The fourth-order valence-electron chi connectivity index (χ4n) is 1.54. The van der Waals surface area contributed by atoms with Crippen LogP contribution in [0.4, 0.5) is 0 Å². The zero-order valence-corrected chi connectivity index (χ0v) is 6.21. The van der Waals surface area contributed by atoms with Crippen molar-refractivity contribution in [2.75, 3.05) is 20.3 Å². The molecule has 3 heteroatoms. The maximum atomic E-state index is 8.97. The Morgan fingerprint density at radius 2 is 2.20 bits per heavy atom. The summed E-state index contributed by atoms with van der Waals surface area (Å²) < 4.78 is 4.92. The van der Waals surface area contributed by atoms with Crippen LogP contribution in [0.25, 0.3) is 0 Å². The third-order valence-electron chi connectivity index (χ3n) is 2.12. The van der Waals surface area contributed by atoms with E-state index in [2.05, 4.69) is 0 Å². The van der Waals surface area contributed by atoms with Gasteiger partial charge < -0.3 is 14.9 Å². The molecule has 0 unspecified atom stereocenters. The van der Waals surface area contributed by atoms with E-state index < -0.39 is 0 Å². The van der Waals surface area contributed by atoms with Crippen LogP contribution in [0.5, 0.6) is 0 Å². The van der Waals surface area contributed by atoms with Crippen molar-refractivity contribution >= 4 is 0 Å². The van der Waals surface area contributed by atoms with E-state index in [1.54, 1.807) is 7.11 Å². The molecule has 0 spiro atoms. The lowest BCUT2D eigenvalue weighted by atomic mass is 9.68. The van der Waals surface area contributed by atoms with Gasteiger partial charge >= 0.3 is 0 Å². The van der Waals surface area contributed by atoms with Gasteiger partial charge in [-0.1, -0.05) is 0 Å². The molecule has 10 heavy (non-hydrogen) atoms. The molecule has 0 bridgehead atoms. The first kappa shape index (κ1) is 7.98. The molecule has 0 aromatic heterocycles. The smallest absolute Gasteiger partial charge is 0.0554 e. The van der Waals surface area contributed by atoms with Gasteiger partial charge in [0, 0.05) is 12.5 Å². The molecule has 1 aliphatic carbocycles. The van der Waals surface area contributed by atoms with E-state index in [1.807, 2.05) is 0 Å². The molecule has 0 heterocycles. The van der Waals surface area contributed by atoms with E-state index in [0.717, 1.165) is 0 Å². The Balaban J connectivity index is 2.32. The minimum absolute atomic E-state index is 0.123. The van der Waals surface area contributed by atoms with Gasteiger partial charge in [-0.15, -0.1) is 0 Å². The number of aliphatic hydroxyl groups excluding tert-OH is 2. The summed E-state index contributed by atoms with van der Waals surface area (Å²) in [6.45, 7) is 0.679. The molecule has 1 fully saturated rings. The summed E-state index contributed by atoms with van der Waals surface area (Å²) in [6.07, 6.45) is 1.14. The average Bonchev–Trinajstić information content (AvgIpc) is 1.84. The van der Waals surface area contributed by atoms with Gasteiger partial charge in [0.2, 0.25) is 0 Å². The Morgan fingerprint density at radius 3 is 2.50 bits per heavy atom. The van der Waals surface area contributed by atoms with E-state index in [9.17, 15) is 0 Å². The highest BCUT2D eigenvalue weighted by molar-refractivity contribution is 4.93. The van der Waals surface area contributed by atoms with Gasteiger partial charge in [0.15, 0.2) is 0 Å². The number of methoxy groups -OCH3 is 1. The summed E-state index contributed by atoms with van der Waals surface area (Å²) in [6, 6.07) is 0. The first-order chi connectivity index (χ1) is 4.72. The van der Waals surface area contributed by atoms with Gasteiger partial charge in [-0.2, -0.15) is 0 Å². The van der Waals surface area contributed by atoms with Crippen LogP contribution < -0.4 is 0 Å². The van der Waals surface area contributed by atoms with Gasteiger partial charge in [-0.05, 0) is 12.8 Å². The number of ether oxygens (including phenoxy) is 1. The van der Waals surface area contributed by atoms with Crippen molar-refractivity contribution in [3.05, 3.63) is 0 Å². The third kappa shape index (κ3) is 1.31. The van der Waals surface area contributed by atoms with E-state index >= 15 is 0 Å². The number of rotatable bonds is 3. The lowest BCUT2D eigenvalue weighted by Crippen LogP contribution is -2.46. The summed E-state index contributed by atoms with van der Waals surface area (Å²) in [5.41, 5.74) is -0.131. The summed E-state index contributed by atoms with van der Waals surface area (Å²) in [4.78, 5) is 0. The molecule has 3 nitrogen and oxygen atoms in total. The Kier molecular flexibility index (Phi) is 2.28. The second kappa shape index (κ2) is 2.86. The highest BCUT2D eigenvalue weighted by Gasteiger charge is 2.42. The van der Waals surface area contributed by atoms with Crippen molar-refractivity contribution in [2.24, 2.45) is 5.41 Å². The summed E-state index contributed by atoms with van der Waals surface area (Å²) >= 11 is 0. The van der Waals surface area contributed by atoms with Crippen LogP contribution in [0.15, 0.2) is 0 Å². The molecule has 0 aromatic rings. The second-order valence-corrected chi connectivity index (χ2v) is 3.15. The normalized spacial score (nSPS) is 39.3. The van der Waals surface area contributed by atoms with Crippen molar-refractivity contribution in [1.82, 2.24) is 0 Å². The molecule has 0 radical (unpaired) electrons. The topological polar surface area (TPSA) is 49.7 Å². The third-order valence-corrected chi connectivity index (χ3v) is 2.12. The fraction of sp³-hybridized carbons (Fsp3) is 1.00. The molecule has 0 saturated heterocycles. The van der Waals surface area contributed by atoms with Gasteiger partial charge in [0.05, 0.1) is 19.3 Å². The van der Waals surface area contributed by atoms with E-state index in [-0.39, 0.29) is 18.1 Å². The number of aliphatic hydroxyl groups is 2. The Hall–Kier alpha value is -0.120. The largest absolute Gasteiger partial charge is 0.396 e. The average molecular weight is 146 g/mol. The fourth-order valence-corrected chi connectivity index (χ4v) is 1.54. The van der Waals surface area contributed by atoms with Crippen molar-refractivity contribution < 1.29 is 14.9 Å². The van der Waals surface area contributed by atoms with Crippen LogP contribution >= 0.6 is 0 Å². The molecule has 0 aromatic carbocycles. The van der Waals surface area contributed by atoms with Crippen molar-refractivity contribution in [3.63, 3.8) is 0 Å². The molecule has 0 atom stereocenters. The van der Waals surface area contributed by atoms with Crippen LogP contribution in [-0.2, 0) is 4.74 Å². The predicted octanol–water partition coefficient (Wildman–Crippen LogP) is -0.234. The minimum atomic E-state index is -0.220. The first-order valence-electron chi connectivity index (χ1n) is 3.50. The van der Waals surface area contributed by atoms with Gasteiger partial charge in [-0.3, -0.25) is 0 Å². The molecule has 0 aliphatic heterocycles. The molecule has 2 N–H and O–H groups in total. The maximum Gasteiger partial charge on any atom is 0.0554 e. The van der Waals surface area contributed by atoms with Crippen LogP contribution in [0.1, 0.15) is 12.8 Å². The van der Waals surface area contributed by atoms with E-state index in [4.69, 9.17) is 14.9 Å². The van der Waals surface area contributed by atoms with Crippen LogP contribution in [0.3, 0.4) is 0 Å². The minimum Gasteiger partial charge on any atom is -0.396 e. The molecule has 0 amide bonds. The van der Waals surface area contributed by atoms with Crippen molar-refractivity contribution in [1.29, 1.82) is 0 Å². The standard InChI is InChI=1S/C7H14O3/c1-10-5-7(4-8)2-6(9)3-7/h6,8-9H,2-5H2,1H3. The van der Waals surface area contributed by atoms with Crippen molar-refractivity contribution in [3.8, 4) is 0 Å². The maximum absolute atomic E-state index is 8.97. The molecule has 1 aliphatic rings. The molecule has 1 rings (SSSR count). The van der Waals surface area contributed by atoms with Crippen LogP contribution in [-0.4, -0.2) is 36.6 Å². The zero-order valence-electron chi connectivity index (χ0n) is 6.21. The Morgan fingerprint density at radius 1 is 1.60 bits per heavy atom. The number of hydrogen-bond donors (Lipinski definition) is 2. The van der Waals surface area contributed by atoms with Gasteiger partial charge in [0.1, 0.15) is 0 Å².